The first kappa shape index (κ1) is 30.6. The maximum atomic E-state index is 11.7. The molecule has 1 fully saturated rings. The Morgan fingerprint density at radius 2 is 1.56 bits per heavy atom. The molecule has 2 aliphatic heterocycles. The SMILES string of the molecule is CCCCCCC1CCC2C(C(=O)OC)=COCC12.COC(=O)C1=COCC2C(COC(=O)N(C)C)=CCC12. The van der Waals surface area contributed by atoms with Gasteiger partial charge < -0.3 is 28.6 Å². The molecule has 0 spiro atoms. The highest BCUT2D eigenvalue weighted by molar-refractivity contribution is 5.89. The van der Waals surface area contributed by atoms with Crippen LogP contribution in [0.2, 0.25) is 0 Å². The van der Waals surface area contributed by atoms with Gasteiger partial charge in [-0.05, 0) is 30.8 Å². The van der Waals surface area contributed by atoms with Gasteiger partial charge >= 0.3 is 18.0 Å². The van der Waals surface area contributed by atoms with Crippen molar-refractivity contribution in [3.63, 3.8) is 0 Å². The fourth-order valence-electron chi connectivity index (χ4n) is 6.14. The number of hydrogen-bond donors (Lipinski definition) is 0. The highest BCUT2D eigenvalue weighted by Crippen LogP contribution is 2.46. The van der Waals surface area contributed by atoms with E-state index in [-0.39, 0.29) is 36.5 Å². The molecule has 9 heteroatoms. The number of methoxy groups -OCH3 is 2. The van der Waals surface area contributed by atoms with Gasteiger partial charge in [-0.2, -0.15) is 0 Å². The van der Waals surface area contributed by atoms with Gasteiger partial charge in [-0.1, -0.05) is 45.1 Å². The van der Waals surface area contributed by atoms with Crippen molar-refractivity contribution in [3.05, 3.63) is 35.3 Å². The van der Waals surface area contributed by atoms with Crippen molar-refractivity contribution in [3.8, 4) is 0 Å². The maximum absolute atomic E-state index is 11.7. The molecule has 2 aliphatic carbocycles. The van der Waals surface area contributed by atoms with E-state index < -0.39 is 0 Å². The normalized spacial score (nSPS) is 26.6. The number of ether oxygens (including phenoxy) is 5. The number of unbranched alkanes of at least 4 members (excludes halogenated alkanes) is 3. The highest BCUT2D eigenvalue weighted by Gasteiger charge is 2.42. The molecular formula is C30H45NO8. The lowest BCUT2D eigenvalue weighted by Crippen LogP contribution is -2.29. The van der Waals surface area contributed by atoms with Crippen LogP contribution in [0.5, 0.6) is 0 Å². The van der Waals surface area contributed by atoms with Crippen molar-refractivity contribution >= 4 is 18.0 Å². The van der Waals surface area contributed by atoms with Crippen molar-refractivity contribution < 1.29 is 38.1 Å². The Morgan fingerprint density at radius 1 is 0.897 bits per heavy atom. The topological polar surface area (TPSA) is 101 Å². The average Bonchev–Trinajstić information content (AvgIpc) is 3.57. The van der Waals surface area contributed by atoms with Crippen molar-refractivity contribution in [2.24, 2.45) is 29.6 Å². The summed E-state index contributed by atoms with van der Waals surface area (Å²) in [6, 6.07) is 0. The fraction of sp³-hybridized carbons (Fsp3) is 0.700. The number of allylic oxidation sites excluding steroid dienone is 1. The molecule has 0 aromatic heterocycles. The molecule has 4 aliphatic rings. The first-order chi connectivity index (χ1) is 18.8. The smallest absolute Gasteiger partial charge is 0.409 e. The summed E-state index contributed by atoms with van der Waals surface area (Å²) in [5.41, 5.74) is 2.31. The van der Waals surface area contributed by atoms with E-state index in [1.807, 2.05) is 6.08 Å². The summed E-state index contributed by atoms with van der Waals surface area (Å²) in [4.78, 5) is 36.2. The number of nitrogens with zero attached hydrogens (tertiary/aromatic N) is 1. The number of rotatable bonds is 9. The Labute approximate surface area is 232 Å². The minimum absolute atomic E-state index is 0.0595. The molecule has 0 radical (unpaired) electrons. The highest BCUT2D eigenvalue weighted by atomic mass is 16.6. The summed E-state index contributed by atoms with van der Waals surface area (Å²) in [6.07, 6.45) is 14.4. The Bertz CT molecular complexity index is 953. The Kier molecular flexibility index (Phi) is 11.7. The van der Waals surface area contributed by atoms with Crippen LogP contribution in [0.15, 0.2) is 35.3 Å². The van der Waals surface area contributed by atoms with Gasteiger partial charge in [-0.25, -0.2) is 14.4 Å². The molecule has 0 aromatic rings. The van der Waals surface area contributed by atoms with Crippen LogP contribution in [-0.2, 0) is 33.3 Å². The lowest BCUT2D eigenvalue weighted by molar-refractivity contribution is -0.138. The van der Waals surface area contributed by atoms with E-state index in [1.54, 1.807) is 20.4 Å². The predicted octanol–water partition coefficient (Wildman–Crippen LogP) is 5.02. The molecule has 4 rings (SSSR count). The van der Waals surface area contributed by atoms with Gasteiger partial charge in [-0.15, -0.1) is 0 Å². The molecule has 0 aromatic carbocycles. The van der Waals surface area contributed by atoms with Crippen LogP contribution >= 0.6 is 0 Å². The van der Waals surface area contributed by atoms with Crippen LogP contribution in [0, 0.1) is 29.6 Å². The summed E-state index contributed by atoms with van der Waals surface area (Å²) in [5, 5.41) is 0. The second kappa shape index (κ2) is 15.0. The van der Waals surface area contributed by atoms with Crippen LogP contribution in [0.1, 0.15) is 58.3 Å². The Hall–Kier alpha value is -2.97. The third-order valence-electron chi connectivity index (χ3n) is 8.35. The maximum Gasteiger partial charge on any atom is 0.409 e. The second-order valence-electron chi connectivity index (χ2n) is 10.9. The van der Waals surface area contributed by atoms with Gasteiger partial charge in [0.25, 0.3) is 0 Å². The molecule has 2 heterocycles. The number of amides is 1. The number of carbonyl (C=O) groups excluding carboxylic acids is 3. The molecule has 0 bridgehead atoms. The zero-order chi connectivity index (χ0) is 28.4. The quantitative estimate of drug-likeness (QED) is 0.172. The minimum Gasteiger partial charge on any atom is -0.500 e. The van der Waals surface area contributed by atoms with Gasteiger partial charge in [0.2, 0.25) is 0 Å². The second-order valence-corrected chi connectivity index (χ2v) is 10.9. The summed E-state index contributed by atoms with van der Waals surface area (Å²) in [7, 11) is 6.07. The fourth-order valence-corrected chi connectivity index (χ4v) is 6.14. The lowest BCUT2D eigenvalue weighted by Gasteiger charge is -2.29. The summed E-state index contributed by atoms with van der Waals surface area (Å²) in [5.74, 6) is 1.20. The summed E-state index contributed by atoms with van der Waals surface area (Å²) < 4.78 is 25.7. The predicted molar refractivity (Wildman–Crippen MR) is 145 cm³/mol. The molecule has 5 atom stereocenters. The van der Waals surface area contributed by atoms with Gasteiger partial charge in [0.15, 0.2) is 0 Å². The van der Waals surface area contributed by atoms with Crippen LogP contribution < -0.4 is 0 Å². The summed E-state index contributed by atoms with van der Waals surface area (Å²) >= 11 is 0. The molecule has 1 amide bonds. The van der Waals surface area contributed by atoms with Crippen molar-refractivity contribution in [1.82, 2.24) is 4.90 Å². The van der Waals surface area contributed by atoms with E-state index >= 15 is 0 Å². The molecular weight excluding hydrogens is 502 g/mol. The van der Waals surface area contributed by atoms with E-state index in [9.17, 15) is 14.4 Å². The first-order valence-electron chi connectivity index (χ1n) is 14.1. The monoisotopic (exact) mass is 547 g/mol. The van der Waals surface area contributed by atoms with Gasteiger partial charge in [0, 0.05) is 37.8 Å². The Balaban J connectivity index is 0.000000216. The van der Waals surface area contributed by atoms with Gasteiger partial charge in [0.1, 0.15) is 6.61 Å². The molecule has 9 nitrogen and oxygen atoms in total. The number of fused-ring (bicyclic) bond motifs is 2. The van der Waals surface area contributed by atoms with Gasteiger partial charge in [-0.3, -0.25) is 0 Å². The van der Waals surface area contributed by atoms with Crippen LogP contribution in [-0.4, -0.2) is 71.1 Å². The van der Waals surface area contributed by atoms with Crippen LogP contribution in [0.4, 0.5) is 4.79 Å². The standard InChI is InChI=1S/C16H26O3.C14H19NO5/c1-3-4-5-6-7-12-8-9-13-14(12)10-19-11-15(13)16(17)18-2;1-15(2)14(17)20-6-9-4-5-10-11(9)7-19-8-12(10)13(16)18-3/h11-14H,3-10H2,1-2H3;4,8,10-11H,5-7H2,1-3H3. The largest absolute Gasteiger partial charge is 0.500 e. The number of carbonyl (C=O) groups is 3. The van der Waals surface area contributed by atoms with E-state index in [4.69, 9.17) is 23.7 Å². The molecule has 218 valence electrons. The third-order valence-corrected chi connectivity index (χ3v) is 8.35. The molecule has 5 unspecified atom stereocenters. The van der Waals surface area contributed by atoms with Crippen LogP contribution in [0.3, 0.4) is 0 Å². The molecule has 0 saturated heterocycles. The third kappa shape index (κ3) is 7.79. The van der Waals surface area contributed by atoms with Crippen molar-refractivity contribution in [2.75, 3.05) is 48.1 Å². The molecule has 0 N–H and O–H groups in total. The minimum atomic E-state index is -0.380. The number of esters is 2. The zero-order valence-electron chi connectivity index (χ0n) is 24.1. The zero-order valence-corrected chi connectivity index (χ0v) is 24.1. The van der Waals surface area contributed by atoms with E-state index in [2.05, 4.69) is 6.92 Å². The lowest BCUT2D eigenvalue weighted by atomic mass is 9.82. The summed E-state index contributed by atoms with van der Waals surface area (Å²) in [6.45, 7) is 3.75. The van der Waals surface area contributed by atoms with E-state index in [0.717, 1.165) is 36.5 Å². The first-order valence-corrected chi connectivity index (χ1v) is 14.1. The molecule has 39 heavy (non-hydrogen) atoms. The Morgan fingerprint density at radius 3 is 2.21 bits per heavy atom. The molecule has 1 saturated carbocycles. The van der Waals surface area contributed by atoms with E-state index in [1.165, 1.54) is 63.9 Å². The van der Waals surface area contributed by atoms with Crippen LogP contribution in [0.25, 0.3) is 0 Å². The van der Waals surface area contributed by atoms with Crippen molar-refractivity contribution in [1.29, 1.82) is 0 Å². The van der Waals surface area contributed by atoms with Gasteiger partial charge in [0.05, 0.1) is 51.1 Å². The van der Waals surface area contributed by atoms with E-state index in [0.29, 0.717) is 24.0 Å². The van der Waals surface area contributed by atoms with Crippen molar-refractivity contribution in [2.45, 2.75) is 58.3 Å². The average molecular weight is 548 g/mol. The number of hydrogen-bond acceptors (Lipinski definition) is 8.